The van der Waals surface area contributed by atoms with Crippen molar-refractivity contribution in [1.82, 2.24) is 9.78 Å². The van der Waals surface area contributed by atoms with Crippen LogP contribution < -0.4 is 10.6 Å². The second kappa shape index (κ2) is 7.52. The maximum atomic E-state index is 12.8. The summed E-state index contributed by atoms with van der Waals surface area (Å²) in [7, 11) is 0. The van der Waals surface area contributed by atoms with Crippen molar-refractivity contribution in [1.29, 1.82) is 0 Å². The Morgan fingerprint density at radius 3 is 2.48 bits per heavy atom. The fourth-order valence-corrected chi connectivity index (χ4v) is 3.35. The van der Waals surface area contributed by atoms with Crippen LogP contribution in [-0.4, -0.2) is 27.4 Å². The van der Waals surface area contributed by atoms with E-state index in [1.807, 2.05) is 12.1 Å². The van der Waals surface area contributed by atoms with Crippen LogP contribution in [-0.2, 0) is 9.59 Å². The summed E-state index contributed by atoms with van der Waals surface area (Å²) in [5, 5.41) is 10.5. The third-order valence-electron chi connectivity index (χ3n) is 4.74. The van der Waals surface area contributed by atoms with Crippen LogP contribution in [0.2, 0.25) is 5.02 Å². The number of halogens is 1. The van der Waals surface area contributed by atoms with E-state index in [-0.39, 0.29) is 24.0 Å². The molecular weight excluding hydrogens is 392 g/mol. The largest absolute Gasteiger partial charge is 0.324 e. The van der Waals surface area contributed by atoms with Gasteiger partial charge in [-0.2, -0.15) is 5.10 Å². The molecule has 7 nitrogen and oxygen atoms in total. The number of carbonyl (C=O) groups is 3. The Labute approximate surface area is 171 Å². The number of ketones is 1. The molecule has 0 saturated heterocycles. The zero-order valence-corrected chi connectivity index (χ0v) is 16.2. The zero-order valence-electron chi connectivity index (χ0n) is 15.5. The third-order valence-corrected chi connectivity index (χ3v) is 5.00. The highest BCUT2D eigenvalue weighted by Crippen LogP contribution is 2.34. The summed E-state index contributed by atoms with van der Waals surface area (Å²) in [6.45, 7) is 1.48. The quantitative estimate of drug-likeness (QED) is 0.639. The van der Waals surface area contributed by atoms with Crippen LogP contribution in [0.4, 0.5) is 11.5 Å². The topological polar surface area (TPSA) is 93.1 Å². The van der Waals surface area contributed by atoms with Gasteiger partial charge in [0.2, 0.25) is 11.8 Å². The molecule has 2 N–H and O–H groups in total. The Kier molecular flexibility index (Phi) is 4.90. The number of Topliss-reactive ketones (excluding diaryl/α,β-unsaturated/α-hetero) is 1. The molecule has 0 radical (unpaired) electrons. The lowest BCUT2D eigenvalue weighted by Crippen LogP contribution is -2.35. The smallest absolute Gasteiger partial charge is 0.249 e. The number of anilines is 2. The predicted octanol–water partition coefficient (Wildman–Crippen LogP) is 3.93. The van der Waals surface area contributed by atoms with Crippen LogP contribution in [0.1, 0.15) is 29.7 Å². The summed E-state index contributed by atoms with van der Waals surface area (Å²) >= 11 is 5.95. The van der Waals surface area contributed by atoms with Crippen LogP contribution in [0, 0.1) is 0 Å². The monoisotopic (exact) mass is 408 g/mol. The van der Waals surface area contributed by atoms with E-state index in [1.165, 1.54) is 11.6 Å². The number of benzene rings is 2. The second-order valence-electron chi connectivity index (χ2n) is 6.75. The average molecular weight is 409 g/mol. The first kappa shape index (κ1) is 18.9. The van der Waals surface area contributed by atoms with Crippen molar-refractivity contribution < 1.29 is 14.4 Å². The summed E-state index contributed by atoms with van der Waals surface area (Å²) in [4.78, 5) is 36.5. The molecule has 0 fully saturated rings. The van der Waals surface area contributed by atoms with E-state index in [2.05, 4.69) is 15.7 Å². The van der Waals surface area contributed by atoms with E-state index >= 15 is 0 Å². The minimum absolute atomic E-state index is 0.0217. The van der Waals surface area contributed by atoms with E-state index in [4.69, 9.17) is 11.6 Å². The molecule has 2 heterocycles. The molecule has 1 aliphatic heterocycles. The molecule has 0 bridgehead atoms. The van der Waals surface area contributed by atoms with Crippen LogP contribution in [0.25, 0.3) is 11.1 Å². The summed E-state index contributed by atoms with van der Waals surface area (Å²) in [5.41, 5.74) is 2.63. The molecule has 1 atom stereocenters. The highest BCUT2D eigenvalue weighted by atomic mass is 35.5. The standard InChI is InChI=1S/C21H17ClN4O3/c1-12(27)13-4-8-16(9-5-13)24-21(29)18-10-19(28)25-20-17(11-23-26(18)20)14-2-6-15(22)7-3-14/h2-9,11,18H,10H2,1H3,(H,24,29)(H,25,28)/t18-/m1/s1. The fraction of sp³-hybridized carbons (Fsp3) is 0.143. The van der Waals surface area contributed by atoms with Gasteiger partial charge in [0.25, 0.3) is 0 Å². The van der Waals surface area contributed by atoms with Crippen molar-refractivity contribution in [2.75, 3.05) is 10.6 Å². The SMILES string of the molecule is CC(=O)c1ccc(NC(=O)[C@H]2CC(=O)Nc3c(-c4ccc(Cl)cc4)cnn32)cc1. The molecule has 0 saturated carbocycles. The molecule has 0 unspecified atom stereocenters. The van der Waals surface area contributed by atoms with E-state index in [0.717, 1.165) is 5.56 Å². The molecule has 146 valence electrons. The Morgan fingerprint density at radius 2 is 1.83 bits per heavy atom. The Hall–Kier alpha value is -3.45. The average Bonchev–Trinajstić information content (AvgIpc) is 3.12. The van der Waals surface area contributed by atoms with Gasteiger partial charge in [-0.15, -0.1) is 0 Å². The molecule has 29 heavy (non-hydrogen) atoms. The lowest BCUT2D eigenvalue weighted by molar-refractivity contribution is -0.125. The highest BCUT2D eigenvalue weighted by Gasteiger charge is 2.33. The van der Waals surface area contributed by atoms with Crippen molar-refractivity contribution >= 4 is 40.7 Å². The maximum Gasteiger partial charge on any atom is 0.249 e. The minimum atomic E-state index is -0.785. The van der Waals surface area contributed by atoms with Gasteiger partial charge in [0, 0.05) is 21.8 Å². The molecule has 1 aliphatic rings. The number of aromatic nitrogens is 2. The number of nitrogens with zero attached hydrogens (tertiary/aromatic N) is 2. The Bertz CT molecular complexity index is 1100. The molecular formula is C21H17ClN4O3. The van der Waals surface area contributed by atoms with Gasteiger partial charge in [-0.25, -0.2) is 4.68 Å². The van der Waals surface area contributed by atoms with E-state index < -0.39 is 6.04 Å². The van der Waals surface area contributed by atoms with Crippen molar-refractivity contribution in [2.24, 2.45) is 0 Å². The van der Waals surface area contributed by atoms with Gasteiger partial charge in [-0.05, 0) is 48.9 Å². The first-order chi connectivity index (χ1) is 13.9. The maximum absolute atomic E-state index is 12.8. The number of nitrogens with one attached hydrogen (secondary N) is 2. The Balaban J connectivity index is 1.61. The van der Waals surface area contributed by atoms with Gasteiger partial charge in [0.1, 0.15) is 11.9 Å². The van der Waals surface area contributed by atoms with Crippen LogP contribution in [0.3, 0.4) is 0 Å². The summed E-state index contributed by atoms with van der Waals surface area (Å²) in [5.74, 6) is -0.207. The number of rotatable bonds is 4. The first-order valence-corrected chi connectivity index (χ1v) is 9.35. The van der Waals surface area contributed by atoms with Crippen molar-refractivity contribution in [3.8, 4) is 11.1 Å². The van der Waals surface area contributed by atoms with E-state index in [9.17, 15) is 14.4 Å². The number of hydrogen-bond donors (Lipinski definition) is 2. The molecule has 4 rings (SSSR count). The van der Waals surface area contributed by atoms with E-state index in [1.54, 1.807) is 42.6 Å². The van der Waals surface area contributed by atoms with Gasteiger partial charge in [0.15, 0.2) is 5.78 Å². The normalized spacial score (nSPS) is 15.4. The molecule has 1 aromatic heterocycles. The predicted molar refractivity (Wildman–Crippen MR) is 110 cm³/mol. The van der Waals surface area contributed by atoms with Crippen molar-refractivity contribution in [3.05, 3.63) is 65.3 Å². The second-order valence-corrected chi connectivity index (χ2v) is 7.19. The Morgan fingerprint density at radius 1 is 1.14 bits per heavy atom. The lowest BCUT2D eigenvalue weighted by Gasteiger charge is -2.24. The van der Waals surface area contributed by atoms with Crippen LogP contribution in [0.15, 0.2) is 54.7 Å². The minimum Gasteiger partial charge on any atom is -0.324 e. The van der Waals surface area contributed by atoms with Gasteiger partial charge in [0.05, 0.1) is 12.6 Å². The number of hydrogen-bond acceptors (Lipinski definition) is 4. The molecule has 2 amide bonds. The van der Waals surface area contributed by atoms with Crippen molar-refractivity contribution in [2.45, 2.75) is 19.4 Å². The van der Waals surface area contributed by atoms with Gasteiger partial charge in [-0.1, -0.05) is 23.7 Å². The highest BCUT2D eigenvalue weighted by molar-refractivity contribution is 6.30. The molecule has 0 aliphatic carbocycles. The molecule has 8 heteroatoms. The summed E-state index contributed by atoms with van der Waals surface area (Å²) in [6, 6.07) is 13.0. The van der Waals surface area contributed by atoms with Crippen molar-refractivity contribution in [3.63, 3.8) is 0 Å². The summed E-state index contributed by atoms with van der Waals surface area (Å²) < 4.78 is 1.52. The van der Waals surface area contributed by atoms with Gasteiger partial charge < -0.3 is 10.6 Å². The van der Waals surface area contributed by atoms with Crippen LogP contribution >= 0.6 is 11.6 Å². The first-order valence-electron chi connectivity index (χ1n) is 8.97. The molecule has 3 aromatic rings. The van der Waals surface area contributed by atoms with Gasteiger partial charge in [-0.3, -0.25) is 14.4 Å². The fourth-order valence-electron chi connectivity index (χ4n) is 3.23. The number of carbonyl (C=O) groups excluding carboxylic acids is 3. The van der Waals surface area contributed by atoms with Crippen LogP contribution in [0.5, 0.6) is 0 Å². The third kappa shape index (κ3) is 3.77. The zero-order chi connectivity index (χ0) is 20.5. The summed E-state index contributed by atoms with van der Waals surface area (Å²) in [6.07, 6.45) is 1.60. The molecule has 2 aromatic carbocycles. The number of amides is 2. The lowest BCUT2D eigenvalue weighted by atomic mass is 10.1. The molecule has 0 spiro atoms. The van der Waals surface area contributed by atoms with E-state index in [0.29, 0.717) is 27.7 Å². The number of fused-ring (bicyclic) bond motifs is 1. The van der Waals surface area contributed by atoms with Gasteiger partial charge >= 0.3 is 0 Å².